The fraction of sp³-hybridized carbons (Fsp3) is 0. The minimum Gasteiger partial charge on any atom is -0.310 e. The van der Waals surface area contributed by atoms with Gasteiger partial charge in [-0.05, 0) is 110 Å². The predicted molar refractivity (Wildman–Crippen MR) is 239 cm³/mol. The molecule has 0 heterocycles. The molecule has 0 fully saturated rings. The van der Waals surface area contributed by atoms with E-state index in [2.05, 4.69) is 240 Å². The van der Waals surface area contributed by atoms with Crippen molar-refractivity contribution in [2.45, 2.75) is 0 Å². The first-order chi connectivity index (χ1) is 27.8. The zero-order chi connectivity index (χ0) is 37.3. The van der Waals surface area contributed by atoms with Gasteiger partial charge >= 0.3 is 0 Å². The highest BCUT2D eigenvalue weighted by molar-refractivity contribution is 6.22. The van der Waals surface area contributed by atoms with E-state index in [0.717, 1.165) is 34.1 Å². The molecule has 2 nitrogen and oxygen atoms in total. The molecule has 0 aliphatic heterocycles. The van der Waals surface area contributed by atoms with Crippen molar-refractivity contribution < 1.29 is 0 Å². The summed E-state index contributed by atoms with van der Waals surface area (Å²) < 4.78 is 0. The van der Waals surface area contributed by atoms with Crippen LogP contribution in [-0.2, 0) is 0 Å². The van der Waals surface area contributed by atoms with Crippen LogP contribution in [0.2, 0.25) is 0 Å². The number of para-hydroxylation sites is 2. The van der Waals surface area contributed by atoms with Crippen LogP contribution in [0.4, 0.5) is 34.1 Å². The van der Waals surface area contributed by atoms with E-state index in [1.807, 2.05) is 0 Å². The summed E-state index contributed by atoms with van der Waals surface area (Å²) in [6.45, 7) is 0. The average Bonchev–Trinajstić information content (AvgIpc) is 3.28. The molecule has 0 spiro atoms. The number of fused-ring (bicyclic) bond motifs is 5. The highest BCUT2D eigenvalue weighted by Crippen LogP contribution is 2.47. The molecule has 0 saturated carbocycles. The Morgan fingerprint density at radius 2 is 0.696 bits per heavy atom. The standard InChI is InChI=1S/C54H38N2/c1-5-17-39(18-6-1)42-22-15-28-47(35-42)55(45-24-9-3-10-25-45)49-37-44-32-33-51-50-30-14-13-21-41(50)31-34-52(51)54(44)53(38-49)56(46-26-11-4-12-27-46)48-29-16-23-43(36-48)40-19-7-2-8-20-40/h1-38H. The zero-order valence-corrected chi connectivity index (χ0v) is 30.8. The molecule has 0 amide bonds. The average molecular weight is 715 g/mol. The zero-order valence-electron chi connectivity index (χ0n) is 30.8. The molecule has 0 unspecified atom stereocenters. The molecular formula is C54H38N2. The van der Waals surface area contributed by atoms with Crippen LogP contribution in [0, 0.1) is 0 Å². The SMILES string of the molecule is c1ccc(-c2cccc(N(c3ccccc3)c3cc(N(c4ccccc4)c4cccc(-c5ccccc5)c4)c4c(ccc5c6ccccc6ccc54)c3)c2)cc1. The first-order valence-electron chi connectivity index (χ1n) is 19.2. The van der Waals surface area contributed by atoms with Gasteiger partial charge in [0.25, 0.3) is 0 Å². The van der Waals surface area contributed by atoms with E-state index >= 15 is 0 Å². The minimum absolute atomic E-state index is 1.07. The number of benzene rings is 10. The van der Waals surface area contributed by atoms with Crippen LogP contribution in [0.25, 0.3) is 54.6 Å². The normalized spacial score (nSPS) is 11.2. The number of rotatable bonds is 8. The van der Waals surface area contributed by atoms with E-state index in [1.165, 1.54) is 54.6 Å². The summed E-state index contributed by atoms with van der Waals surface area (Å²) in [5.74, 6) is 0. The summed E-state index contributed by atoms with van der Waals surface area (Å²) in [6.07, 6.45) is 0. The summed E-state index contributed by atoms with van der Waals surface area (Å²) in [5, 5.41) is 7.33. The van der Waals surface area contributed by atoms with Gasteiger partial charge in [-0.15, -0.1) is 0 Å². The van der Waals surface area contributed by atoms with Gasteiger partial charge in [-0.1, -0.05) is 170 Å². The van der Waals surface area contributed by atoms with Crippen molar-refractivity contribution >= 4 is 66.4 Å². The van der Waals surface area contributed by atoms with Crippen molar-refractivity contribution in [1.29, 1.82) is 0 Å². The molecular weight excluding hydrogens is 677 g/mol. The lowest BCUT2D eigenvalue weighted by Crippen LogP contribution is -2.14. The fourth-order valence-corrected chi connectivity index (χ4v) is 8.17. The summed E-state index contributed by atoms with van der Waals surface area (Å²) in [6, 6.07) is 83.3. The van der Waals surface area contributed by atoms with Gasteiger partial charge in [-0.25, -0.2) is 0 Å². The number of hydrogen-bond donors (Lipinski definition) is 0. The molecule has 264 valence electrons. The van der Waals surface area contributed by atoms with Crippen LogP contribution in [0.5, 0.6) is 0 Å². The molecule has 0 radical (unpaired) electrons. The third kappa shape index (κ3) is 6.14. The van der Waals surface area contributed by atoms with Gasteiger partial charge in [-0.2, -0.15) is 0 Å². The second-order valence-electron chi connectivity index (χ2n) is 14.2. The molecule has 10 aromatic carbocycles. The predicted octanol–water partition coefficient (Wildman–Crippen LogP) is 15.4. The molecule has 2 heteroatoms. The molecule has 0 saturated heterocycles. The van der Waals surface area contributed by atoms with Gasteiger partial charge in [0.15, 0.2) is 0 Å². The maximum absolute atomic E-state index is 2.44. The number of anilines is 6. The van der Waals surface area contributed by atoms with E-state index < -0.39 is 0 Å². The molecule has 0 aromatic heterocycles. The summed E-state index contributed by atoms with van der Waals surface area (Å²) in [4.78, 5) is 4.83. The van der Waals surface area contributed by atoms with Crippen molar-refractivity contribution in [3.63, 3.8) is 0 Å². The molecule has 0 atom stereocenters. The highest BCUT2D eigenvalue weighted by atomic mass is 15.2. The monoisotopic (exact) mass is 714 g/mol. The van der Waals surface area contributed by atoms with E-state index in [4.69, 9.17) is 0 Å². The molecule has 0 bridgehead atoms. The van der Waals surface area contributed by atoms with Crippen LogP contribution in [-0.4, -0.2) is 0 Å². The van der Waals surface area contributed by atoms with Crippen molar-refractivity contribution in [1.82, 2.24) is 0 Å². The van der Waals surface area contributed by atoms with Gasteiger partial charge in [0.1, 0.15) is 0 Å². The Morgan fingerprint density at radius 3 is 1.32 bits per heavy atom. The van der Waals surface area contributed by atoms with E-state index in [9.17, 15) is 0 Å². The molecule has 0 N–H and O–H groups in total. The van der Waals surface area contributed by atoms with E-state index in [1.54, 1.807) is 0 Å². The second-order valence-corrected chi connectivity index (χ2v) is 14.2. The van der Waals surface area contributed by atoms with Crippen molar-refractivity contribution in [3.8, 4) is 22.3 Å². The lowest BCUT2D eigenvalue weighted by molar-refractivity contribution is 1.26. The Kier molecular flexibility index (Phi) is 8.55. The Balaban J connectivity index is 1.28. The first-order valence-corrected chi connectivity index (χ1v) is 19.2. The van der Waals surface area contributed by atoms with Crippen molar-refractivity contribution in [3.05, 3.63) is 231 Å². The Morgan fingerprint density at radius 1 is 0.232 bits per heavy atom. The van der Waals surface area contributed by atoms with Gasteiger partial charge < -0.3 is 9.80 Å². The highest BCUT2D eigenvalue weighted by Gasteiger charge is 2.22. The summed E-state index contributed by atoms with van der Waals surface area (Å²) in [5.41, 5.74) is 11.3. The van der Waals surface area contributed by atoms with Crippen LogP contribution in [0.15, 0.2) is 231 Å². The van der Waals surface area contributed by atoms with E-state index in [0.29, 0.717) is 0 Å². The van der Waals surface area contributed by atoms with Crippen LogP contribution < -0.4 is 9.80 Å². The Bertz CT molecular complexity index is 2960. The third-order valence-electron chi connectivity index (χ3n) is 10.8. The topological polar surface area (TPSA) is 6.48 Å². The van der Waals surface area contributed by atoms with Crippen molar-refractivity contribution in [2.75, 3.05) is 9.80 Å². The molecule has 56 heavy (non-hydrogen) atoms. The van der Waals surface area contributed by atoms with Crippen LogP contribution in [0.3, 0.4) is 0 Å². The molecule has 0 aliphatic carbocycles. The quantitative estimate of drug-likeness (QED) is 0.145. The van der Waals surface area contributed by atoms with Gasteiger partial charge in [0.05, 0.1) is 5.69 Å². The Labute approximate surface area is 327 Å². The largest absolute Gasteiger partial charge is 0.310 e. The molecule has 0 aliphatic rings. The Hall–Kier alpha value is -7.42. The molecule has 10 aromatic rings. The second kappa shape index (κ2) is 14.4. The summed E-state index contributed by atoms with van der Waals surface area (Å²) >= 11 is 0. The fourth-order valence-electron chi connectivity index (χ4n) is 8.17. The van der Waals surface area contributed by atoms with Crippen LogP contribution in [0.1, 0.15) is 0 Å². The number of nitrogens with zero attached hydrogens (tertiary/aromatic N) is 2. The van der Waals surface area contributed by atoms with Gasteiger partial charge in [-0.3, -0.25) is 0 Å². The summed E-state index contributed by atoms with van der Waals surface area (Å²) in [7, 11) is 0. The smallest absolute Gasteiger partial charge is 0.0567 e. The lowest BCUT2D eigenvalue weighted by atomic mass is 9.94. The minimum atomic E-state index is 1.07. The van der Waals surface area contributed by atoms with Gasteiger partial charge in [0.2, 0.25) is 0 Å². The lowest BCUT2D eigenvalue weighted by Gasteiger charge is -2.31. The van der Waals surface area contributed by atoms with Gasteiger partial charge in [0, 0.05) is 33.8 Å². The van der Waals surface area contributed by atoms with Crippen molar-refractivity contribution in [2.24, 2.45) is 0 Å². The molecule has 10 rings (SSSR count). The van der Waals surface area contributed by atoms with E-state index in [-0.39, 0.29) is 0 Å². The maximum atomic E-state index is 2.44. The number of hydrogen-bond acceptors (Lipinski definition) is 2. The maximum Gasteiger partial charge on any atom is 0.0567 e. The van der Waals surface area contributed by atoms with Crippen LogP contribution >= 0.6 is 0 Å². The first kappa shape index (κ1) is 33.2. The third-order valence-corrected chi connectivity index (χ3v) is 10.8.